The molecule has 1 fully saturated rings. The van der Waals surface area contributed by atoms with Crippen LogP contribution in [0.5, 0.6) is 0 Å². The van der Waals surface area contributed by atoms with E-state index in [0.717, 1.165) is 23.5 Å². The molecule has 1 saturated heterocycles. The highest BCUT2D eigenvalue weighted by molar-refractivity contribution is 7.89. The standard InChI is InChI=1S/C20H22ClFN6O2S2/c1-2-27-19(15-5-7-23-8-6-15)24-28(20(27)31)14-25-9-11-26(12-10-25)32(29,30)16-3-4-18(22)17(21)13-16/h3-8,13H,2,9-12,14H2,1H3. The Labute approximate surface area is 195 Å². The second-order valence-electron chi connectivity index (χ2n) is 7.33. The molecular weight excluding hydrogens is 475 g/mol. The van der Waals surface area contributed by atoms with Crippen LogP contribution in [0.3, 0.4) is 0 Å². The Morgan fingerprint density at radius 3 is 2.44 bits per heavy atom. The van der Waals surface area contributed by atoms with Crippen molar-refractivity contribution in [3.63, 3.8) is 0 Å². The minimum atomic E-state index is -3.75. The van der Waals surface area contributed by atoms with Crippen molar-refractivity contribution in [1.29, 1.82) is 0 Å². The fraction of sp³-hybridized carbons (Fsp3) is 0.350. The molecule has 32 heavy (non-hydrogen) atoms. The summed E-state index contributed by atoms with van der Waals surface area (Å²) in [4.78, 5) is 6.14. The molecule has 3 aromatic rings. The monoisotopic (exact) mass is 496 g/mol. The van der Waals surface area contributed by atoms with Gasteiger partial charge >= 0.3 is 0 Å². The number of hydrogen-bond acceptors (Lipinski definition) is 6. The van der Waals surface area contributed by atoms with Crippen molar-refractivity contribution in [3.05, 3.63) is 58.3 Å². The third kappa shape index (κ3) is 4.48. The van der Waals surface area contributed by atoms with Crippen LogP contribution in [-0.2, 0) is 23.2 Å². The van der Waals surface area contributed by atoms with Crippen LogP contribution in [0.2, 0.25) is 5.02 Å². The smallest absolute Gasteiger partial charge is 0.243 e. The zero-order valence-electron chi connectivity index (χ0n) is 17.4. The van der Waals surface area contributed by atoms with Crippen LogP contribution in [0, 0.1) is 10.6 Å². The maximum atomic E-state index is 13.4. The maximum Gasteiger partial charge on any atom is 0.243 e. The van der Waals surface area contributed by atoms with Crippen molar-refractivity contribution >= 4 is 33.8 Å². The number of rotatable bonds is 6. The van der Waals surface area contributed by atoms with E-state index >= 15 is 0 Å². The molecule has 0 saturated carbocycles. The summed E-state index contributed by atoms with van der Waals surface area (Å²) in [7, 11) is -3.75. The first kappa shape index (κ1) is 23.0. The lowest BCUT2D eigenvalue weighted by Gasteiger charge is -2.33. The van der Waals surface area contributed by atoms with E-state index in [2.05, 4.69) is 9.88 Å². The number of piperazine rings is 1. The molecule has 3 heterocycles. The molecule has 2 aromatic heterocycles. The first-order valence-electron chi connectivity index (χ1n) is 10.1. The van der Waals surface area contributed by atoms with Crippen molar-refractivity contribution in [2.24, 2.45) is 0 Å². The summed E-state index contributed by atoms with van der Waals surface area (Å²) in [5, 5.41) is 4.49. The third-order valence-corrected chi connectivity index (χ3v) is 7.99. The van der Waals surface area contributed by atoms with Crippen LogP contribution in [0.25, 0.3) is 11.4 Å². The molecular formula is C20H22ClFN6O2S2. The first-order valence-corrected chi connectivity index (χ1v) is 12.3. The summed E-state index contributed by atoms with van der Waals surface area (Å²) in [6.45, 7) is 4.78. The Balaban J connectivity index is 1.47. The Morgan fingerprint density at radius 2 is 1.81 bits per heavy atom. The second-order valence-corrected chi connectivity index (χ2v) is 10.0. The van der Waals surface area contributed by atoms with Crippen molar-refractivity contribution < 1.29 is 12.8 Å². The zero-order chi connectivity index (χ0) is 22.9. The van der Waals surface area contributed by atoms with Gasteiger partial charge in [-0.15, -0.1) is 0 Å². The minimum absolute atomic E-state index is 0.0109. The molecule has 0 bridgehead atoms. The number of pyridine rings is 1. The topological polar surface area (TPSA) is 76.3 Å². The Bertz CT molecular complexity index is 1270. The van der Waals surface area contributed by atoms with Gasteiger partial charge < -0.3 is 4.57 Å². The summed E-state index contributed by atoms with van der Waals surface area (Å²) >= 11 is 11.4. The van der Waals surface area contributed by atoms with Crippen molar-refractivity contribution in [3.8, 4) is 11.4 Å². The van der Waals surface area contributed by atoms with Gasteiger partial charge in [0, 0.05) is 50.7 Å². The molecule has 0 N–H and O–H groups in total. The van der Waals surface area contributed by atoms with Gasteiger partial charge in [0.2, 0.25) is 10.0 Å². The van der Waals surface area contributed by atoms with E-state index in [4.69, 9.17) is 28.9 Å². The molecule has 1 aromatic carbocycles. The molecule has 0 aliphatic carbocycles. The highest BCUT2D eigenvalue weighted by Gasteiger charge is 2.29. The fourth-order valence-corrected chi connectivity index (χ4v) is 5.63. The minimum Gasteiger partial charge on any atom is -0.300 e. The van der Waals surface area contributed by atoms with Gasteiger partial charge in [-0.25, -0.2) is 17.5 Å². The van der Waals surface area contributed by atoms with Gasteiger partial charge in [-0.05, 0) is 49.5 Å². The second kappa shape index (κ2) is 9.36. The van der Waals surface area contributed by atoms with Crippen molar-refractivity contribution in [2.45, 2.75) is 25.0 Å². The Hall–Kier alpha value is -2.18. The molecule has 0 unspecified atom stereocenters. The lowest BCUT2D eigenvalue weighted by Crippen LogP contribution is -2.48. The molecule has 170 valence electrons. The SMILES string of the molecule is CCn1c(-c2ccncc2)nn(CN2CCN(S(=O)(=O)c3ccc(F)c(Cl)c3)CC2)c1=S. The molecule has 0 atom stereocenters. The quantitative estimate of drug-likeness (QED) is 0.488. The van der Waals surface area contributed by atoms with E-state index in [0.29, 0.717) is 44.2 Å². The van der Waals surface area contributed by atoms with Crippen molar-refractivity contribution in [1.82, 2.24) is 28.5 Å². The highest BCUT2D eigenvalue weighted by atomic mass is 35.5. The number of hydrogen-bond donors (Lipinski definition) is 0. The van der Waals surface area contributed by atoms with Gasteiger partial charge in [0.1, 0.15) is 5.82 Å². The van der Waals surface area contributed by atoms with Crippen molar-refractivity contribution in [2.75, 3.05) is 26.2 Å². The van der Waals surface area contributed by atoms with E-state index in [1.54, 1.807) is 17.1 Å². The van der Waals surface area contributed by atoms with E-state index in [1.807, 2.05) is 23.6 Å². The summed E-state index contributed by atoms with van der Waals surface area (Å²) in [6, 6.07) is 7.23. The van der Waals surface area contributed by atoms with Crippen LogP contribution in [0.4, 0.5) is 4.39 Å². The largest absolute Gasteiger partial charge is 0.300 e. The van der Waals surface area contributed by atoms with Crippen LogP contribution in [0.15, 0.2) is 47.6 Å². The number of nitrogens with zero attached hydrogens (tertiary/aromatic N) is 6. The predicted octanol–water partition coefficient (Wildman–Crippen LogP) is 3.25. The van der Waals surface area contributed by atoms with Gasteiger partial charge in [-0.1, -0.05) is 11.6 Å². The average molecular weight is 497 g/mol. The molecule has 4 rings (SSSR count). The summed E-state index contributed by atoms with van der Waals surface area (Å²) in [5.74, 6) is 0.124. The number of sulfonamides is 1. The van der Waals surface area contributed by atoms with Crippen LogP contribution >= 0.6 is 23.8 Å². The van der Waals surface area contributed by atoms with E-state index < -0.39 is 15.8 Å². The summed E-state index contributed by atoms with van der Waals surface area (Å²) in [6.07, 6.45) is 3.43. The molecule has 0 spiro atoms. The maximum absolute atomic E-state index is 13.4. The van der Waals surface area contributed by atoms with Gasteiger partial charge in [0.15, 0.2) is 10.6 Å². The number of benzene rings is 1. The zero-order valence-corrected chi connectivity index (χ0v) is 19.7. The van der Waals surface area contributed by atoms with E-state index in [1.165, 1.54) is 10.4 Å². The van der Waals surface area contributed by atoms with Crippen LogP contribution in [0.1, 0.15) is 6.92 Å². The van der Waals surface area contributed by atoms with E-state index in [9.17, 15) is 12.8 Å². The summed E-state index contributed by atoms with van der Waals surface area (Å²) in [5.41, 5.74) is 0.931. The van der Waals surface area contributed by atoms with Gasteiger partial charge in [0.25, 0.3) is 0 Å². The normalized spacial score (nSPS) is 15.8. The highest BCUT2D eigenvalue weighted by Crippen LogP contribution is 2.23. The molecule has 1 aliphatic heterocycles. The molecule has 0 radical (unpaired) electrons. The number of aromatic nitrogens is 4. The van der Waals surface area contributed by atoms with Gasteiger partial charge in [-0.3, -0.25) is 9.88 Å². The Kier molecular flexibility index (Phi) is 6.72. The molecule has 8 nitrogen and oxygen atoms in total. The van der Waals surface area contributed by atoms with Gasteiger partial charge in [0.05, 0.1) is 16.6 Å². The van der Waals surface area contributed by atoms with E-state index in [-0.39, 0.29) is 9.92 Å². The average Bonchev–Trinajstić information content (AvgIpc) is 3.11. The van der Waals surface area contributed by atoms with Crippen LogP contribution in [-0.4, -0.2) is 63.1 Å². The molecule has 0 amide bonds. The third-order valence-electron chi connectivity index (χ3n) is 5.37. The molecule has 12 heteroatoms. The summed E-state index contributed by atoms with van der Waals surface area (Å²) < 4.78 is 44.9. The Morgan fingerprint density at radius 1 is 1.12 bits per heavy atom. The van der Waals surface area contributed by atoms with Crippen LogP contribution < -0.4 is 0 Å². The lowest BCUT2D eigenvalue weighted by atomic mass is 10.2. The first-order chi connectivity index (χ1) is 15.3. The molecule has 1 aliphatic rings. The van der Waals surface area contributed by atoms with Gasteiger partial charge in [-0.2, -0.15) is 9.40 Å². The number of halogens is 2. The predicted molar refractivity (Wildman–Crippen MR) is 122 cm³/mol. The fourth-order valence-electron chi connectivity index (χ4n) is 3.62. The lowest BCUT2D eigenvalue weighted by molar-refractivity contribution is 0.144.